The molecular weight excluding hydrogens is 272 g/mol. The van der Waals surface area contributed by atoms with Gasteiger partial charge in [0, 0.05) is 12.1 Å². The number of benzene rings is 2. The van der Waals surface area contributed by atoms with E-state index in [1.165, 1.54) is 12.1 Å². The number of hydrogen-bond donors (Lipinski definition) is 0. The molecule has 5 nitrogen and oxygen atoms in total. The molecule has 0 amide bonds. The van der Waals surface area contributed by atoms with Gasteiger partial charge in [0.05, 0.1) is 10.5 Å². The minimum Gasteiger partial charge on any atom is -0.453 e. The average Bonchev–Trinajstić information content (AvgIpc) is 2.44. The van der Waals surface area contributed by atoms with Crippen molar-refractivity contribution in [3.05, 3.63) is 63.7 Å². The van der Waals surface area contributed by atoms with Crippen molar-refractivity contribution in [3.63, 3.8) is 0 Å². The van der Waals surface area contributed by atoms with E-state index in [-0.39, 0.29) is 17.0 Å². The maximum absolute atomic E-state index is 13.4. The first-order chi connectivity index (χ1) is 9.52. The van der Waals surface area contributed by atoms with Crippen LogP contribution in [0.2, 0.25) is 0 Å². The van der Waals surface area contributed by atoms with E-state index >= 15 is 0 Å². The zero-order valence-corrected chi connectivity index (χ0v) is 9.88. The number of rotatable bonds is 4. The molecule has 0 saturated carbocycles. The maximum atomic E-state index is 13.4. The van der Waals surface area contributed by atoms with Crippen LogP contribution in [0.5, 0.6) is 11.5 Å². The first kappa shape index (κ1) is 13.6. The van der Waals surface area contributed by atoms with Crippen molar-refractivity contribution in [2.45, 2.75) is 0 Å². The highest BCUT2D eigenvalue weighted by atomic mass is 19.2. The third-order valence-corrected chi connectivity index (χ3v) is 2.47. The summed E-state index contributed by atoms with van der Waals surface area (Å²) in [5.74, 6) is -2.82. The molecule has 0 spiro atoms. The lowest BCUT2D eigenvalue weighted by Crippen LogP contribution is -1.96. The fraction of sp³-hybridized carbons (Fsp3) is 0. The topological polar surface area (TPSA) is 69.4 Å². The Labute approximate surface area is 111 Å². The Morgan fingerprint density at radius 3 is 2.55 bits per heavy atom. The van der Waals surface area contributed by atoms with Crippen molar-refractivity contribution in [2.24, 2.45) is 0 Å². The summed E-state index contributed by atoms with van der Waals surface area (Å²) in [6, 6.07) is 6.55. The summed E-state index contributed by atoms with van der Waals surface area (Å²) >= 11 is 0. The summed E-state index contributed by atoms with van der Waals surface area (Å²) in [7, 11) is 0. The van der Waals surface area contributed by atoms with E-state index in [0.29, 0.717) is 6.29 Å². The lowest BCUT2D eigenvalue weighted by atomic mass is 10.2. The van der Waals surface area contributed by atoms with Crippen molar-refractivity contribution in [1.29, 1.82) is 0 Å². The average molecular weight is 279 g/mol. The van der Waals surface area contributed by atoms with Crippen LogP contribution in [-0.4, -0.2) is 11.2 Å². The summed E-state index contributed by atoms with van der Waals surface area (Å²) in [5.41, 5.74) is -0.443. The molecule has 0 fully saturated rings. The van der Waals surface area contributed by atoms with E-state index < -0.39 is 22.3 Å². The molecule has 102 valence electrons. The van der Waals surface area contributed by atoms with E-state index in [9.17, 15) is 23.7 Å². The van der Waals surface area contributed by atoms with Gasteiger partial charge in [0.2, 0.25) is 5.82 Å². The highest BCUT2D eigenvalue weighted by Gasteiger charge is 2.15. The molecule has 0 N–H and O–H groups in total. The molecule has 0 radical (unpaired) electrons. The van der Waals surface area contributed by atoms with Gasteiger partial charge in [-0.25, -0.2) is 4.39 Å². The van der Waals surface area contributed by atoms with Crippen LogP contribution in [0.1, 0.15) is 10.4 Å². The van der Waals surface area contributed by atoms with Gasteiger partial charge in [0.25, 0.3) is 5.69 Å². The molecule has 7 heteroatoms. The summed E-state index contributed by atoms with van der Waals surface area (Å²) in [4.78, 5) is 20.8. The monoisotopic (exact) mass is 279 g/mol. The minimum atomic E-state index is -1.21. The van der Waals surface area contributed by atoms with Crippen LogP contribution >= 0.6 is 0 Å². The van der Waals surface area contributed by atoms with Gasteiger partial charge in [0.1, 0.15) is 5.75 Å². The lowest BCUT2D eigenvalue weighted by molar-refractivity contribution is -0.384. The van der Waals surface area contributed by atoms with Crippen LogP contribution in [0.25, 0.3) is 0 Å². The van der Waals surface area contributed by atoms with Gasteiger partial charge >= 0.3 is 0 Å². The first-order valence-corrected chi connectivity index (χ1v) is 5.38. The van der Waals surface area contributed by atoms with Crippen molar-refractivity contribution in [3.8, 4) is 11.5 Å². The quantitative estimate of drug-likeness (QED) is 0.488. The molecule has 2 aromatic rings. The largest absolute Gasteiger partial charge is 0.453 e. The Kier molecular flexibility index (Phi) is 3.69. The zero-order valence-electron chi connectivity index (χ0n) is 9.88. The fourth-order valence-electron chi connectivity index (χ4n) is 1.52. The Bertz CT molecular complexity index is 688. The van der Waals surface area contributed by atoms with Crippen molar-refractivity contribution >= 4 is 12.0 Å². The van der Waals surface area contributed by atoms with Crippen LogP contribution in [0.4, 0.5) is 14.5 Å². The van der Waals surface area contributed by atoms with Crippen molar-refractivity contribution in [1.82, 2.24) is 0 Å². The Balaban J connectivity index is 2.41. The van der Waals surface area contributed by atoms with Gasteiger partial charge in [-0.2, -0.15) is 4.39 Å². The summed E-state index contributed by atoms with van der Waals surface area (Å²) < 4.78 is 31.5. The fourth-order valence-corrected chi connectivity index (χ4v) is 1.52. The number of ether oxygens (including phenoxy) is 1. The number of halogens is 2. The second-order valence-corrected chi connectivity index (χ2v) is 3.75. The molecule has 0 heterocycles. The van der Waals surface area contributed by atoms with Crippen LogP contribution in [0, 0.1) is 21.7 Å². The Morgan fingerprint density at radius 2 is 1.90 bits per heavy atom. The van der Waals surface area contributed by atoms with Gasteiger partial charge in [-0.3, -0.25) is 14.9 Å². The molecule has 0 aliphatic heterocycles. The maximum Gasteiger partial charge on any atom is 0.270 e. The summed E-state index contributed by atoms with van der Waals surface area (Å²) in [6.45, 7) is 0. The van der Waals surface area contributed by atoms with E-state index in [4.69, 9.17) is 4.74 Å². The number of carbonyl (C=O) groups is 1. The number of nitro groups is 1. The van der Waals surface area contributed by atoms with E-state index in [0.717, 1.165) is 24.3 Å². The third kappa shape index (κ3) is 2.61. The van der Waals surface area contributed by atoms with Crippen LogP contribution in [0.15, 0.2) is 36.4 Å². The van der Waals surface area contributed by atoms with Crippen molar-refractivity contribution < 1.29 is 23.2 Å². The molecule has 20 heavy (non-hydrogen) atoms. The van der Waals surface area contributed by atoms with Crippen molar-refractivity contribution in [2.75, 3.05) is 0 Å². The van der Waals surface area contributed by atoms with Gasteiger partial charge in [-0.1, -0.05) is 6.07 Å². The molecule has 2 rings (SSSR count). The molecular formula is C13H7F2NO4. The predicted octanol–water partition coefficient (Wildman–Crippen LogP) is 3.48. The second-order valence-electron chi connectivity index (χ2n) is 3.75. The van der Waals surface area contributed by atoms with Gasteiger partial charge in [-0.15, -0.1) is 0 Å². The number of non-ortho nitro benzene ring substituents is 1. The standard InChI is InChI=1S/C13H7F2NO4/c14-10-2-1-3-12(13(10)15)20-11-5-4-9(16(18)19)6-8(11)7-17/h1-7H. The molecule has 0 aliphatic rings. The Hall–Kier alpha value is -2.83. The van der Waals surface area contributed by atoms with Crippen LogP contribution in [-0.2, 0) is 0 Å². The molecule has 0 atom stereocenters. The third-order valence-electron chi connectivity index (χ3n) is 2.47. The van der Waals surface area contributed by atoms with E-state index in [1.807, 2.05) is 0 Å². The zero-order chi connectivity index (χ0) is 14.7. The van der Waals surface area contributed by atoms with Gasteiger partial charge in [-0.05, 0) is 18.2 Å². The number of nitro benzene ring substituents is 1. The highest BCUT2D eigenvalue weighted by molar-refractivity contribution is 5.80. The predicted molar refractivity (Wildman–Crippen MR) is 64.9 cm³/mol. The van der Waals surface area contributed by atoms with Gasteiger partial charge < -0.3 is 4.74 Å². The smallest absolute Gasteiger partial charge is 0.270 e. The Morgan fingerprint density at radius 1 is 1.15 bits per heavy atom. The summed E-state index contributed by atoms with van der Waals surface area (Å²) in [6.07, 6.45) is 0.333. The SMILES string of the molecule is O=Cc1cc([N+](=O)[O-])ccc1Oc1cccc(F)c1F. The minimum absolute atomic E-state index is 0.102. The number of aldehydes is 1. The highest BCUT2D eigenvalue weighted by Crippen LogP contribution is 2.29. The summed E-state index contributed by atoms with van der Waals surface area (Å²) in [5, 5.41) is 10.6. The number of hydrogen-bond acceptors (Lipinski definition) is 4. The molecule has 0 bridgehead atoms. The van der Waals surface area contributed by atoms with Crippen LogP contribution in [0.3, 0.4) is 0 Å². The number of nitrogens with zero attached hydrogens (tertiary/aromatic N) is 1. The molecule has 0 aliphatic carbocycles. The molecule has 2 aromatic carbocycles. The van der Waals surface area contributed by atoms with E-state index in [1.54, 1.807) is 0 Å². The van der Waals surface area contributed by atoms with Gasteiger partial charge in [0.15, 0.2) is 17.9 Å². The van der Waals surface area contributed by atoms with E-state index in [2.05, 4.69) is 0 Å². The lowest BCUT2D eigenvalue weighted by Gasteiger charge is -2.08. The molecule has 0 saturated heterocycles. The normalized spacial score (nSPS) is 10.1. The second kappa shape index (κ2) is 5.43. The first-order valence-electron chi connectivity index (χ1n) is 5.38. The van der Waals surface area contributed by atoms with Crippen LogP contribution < -0.4 is 4.74 Å². The molecule has 0 aromatic heterocycles. The molecule has 0 unspecified atom stereocenters. The number of carbonyl (C=O) groups excluding carboxylic acids is 1.